The van der Waals surface area contributed by atoms with Crippen LogP contribution in [0.15, 0.2) is 12.3 Å². The van der Waals surface area contributed by atoms with Crippen LogP contribution in [0.2, 0.25) is 0 Å². The number of hydrogen-bond donors (Lipinski definition) is 1. The monoisotopic (exact) mass is 312 g/mol. The highest BCUT2D eigenvalue weighted by molar-refractivity contribution is 7.88. The van der Waals surface area contributed by atoms with E-state index in [1.165, 1.54) is 6.26 Å². The third kappa shape index (κ3) is 5.33. The first-order chi connectivity index (χ1) is 9.83. The Morgan fingerprint density at radius 2 is 2.24 bits per heavy atom. The molecular weight excluding hydrogens is 288 g/mol. The number of rotatable bonds is 6. The maximum absolute atomic E-state index is 11.1. The summed E-state index contributed by atoms with van der Waals surface area (Å²) in [6.07, 6.45) is 4.04. The normalized spacial score (nSPS) is 20.3. The zero-order chi connectivity index (χ0) is 15.5. The highest BCUT2D eigenvalue weighted by Crippen LogP contribution is 2.18. The first-order valence-corrected chi connectivity index (χ1v) is 9.21. The Kier molecular flexibility index (Phi) is 5.29. The van der Waals surface area contributed by atoms with Crippen LogP contribution in [0.25, 0.3) is 0 Å². The fourth-order valence-electron chi connectivity index (χ4n) is 2.50. The van der Waals surface area contributed by atoms with Crippen molar-refractivity contribution in [2.75, 3.05) is 25.9 Å². The summed E-state index contributed by atoms with van der Waals surface area (Å²) in [7, 11) is -3.09. The van der Waals surface area contributed by atoms with Crippen molar-refractivity contribution >= 4 is 10.0 Å². The Labute approximate surface area is 127 Å². The van der Waals surface area contributed by atoms with Gasteiger partial charge in [0.05, 0.1) is 11.9 Å². The van der Waals surface area contributed by atoms with E-state index in [0.717, 1.165) is 37.6 Å². The van der Waals surface area contributed by atoms with Crippen molar-refractivity contribution in [1.82, 2.24) is 19.6 Å². The lowest BCUT2D eigenvalue weighted by atomic mass is 10.1. The minimum Gasteiger partial charge on any atom is -0.297 e. The molecule has 7 heteroatoms. The maximum atomic E-state index is 11.1. The number of nitrogens with one attached hydrogen (secondary N) is 1. The van der Waals surface area contributed by atoms with E-state index in [2.05, 4.69) is 33.4 Å². The predicted octanol–water partition coefficient (Wildman–Crippen LogP) is 0.971. The van der Waals surface area contributed by atoms with E-state index in [4.69, 9.17) is 0 Å². The van der Waals surface area contributed by atoms with Crippen LogP contribution >= 0.6 is 0 Å². The molecule has 0 aromatic carbocycles. The van der Waals surface area contributed by atoms with Gasteiger partial charge in [-0.2, -0.15) is 0 Å². The average Bonchev–Trinajstić information content (AvgIpc) is 2.83. The molecule has 0 amide bonds. The van der Waals surface area contributed by atoms with Crippen molar-refractivity contribution in [1.29, 1.82) is 0 Å². The largest absolute Gasteiger partial charge is 0.297 e. The first-order valence-electron chi connectivity index (χ1n) is 7.32. The van der Waals surface area contributed by atoms with E-state index in [0.29, 0.717) is 18.4 Å². The number of sulfonamides is 1. The predicted molar refractivity (Wildman–Crippen MR) is 82.4 cm³/mol. The van der Waals surface area contributed by atoms with Gasteiger partial charge in [0.1, 0.15) is 5.82 Å². The molecule has 118 valence electrons. The summed E-state index contributed by atoms with van der Waals surface area (Å²) in [4.78, 5) is 11.2. The Hall–Kier alpha value is -1.05. The number of hydrogen-bond acceptors (Lipinski definition) is 5. The molecule has 1 saturated heterocycles. The minimum absolute atomic E-state index is 0.329. The second-order valence-corrected chi connectivity index (χ2v) is 7.90. The molecule has 0 bridgehead atoms. The second-order valence-electron chi connectivity index (χ2n) is 6.07. The zero-order valence-corrected chi connectivity index (χ0v) is 13.7. The van der Waals surface area contributed by atoms with E-state index in [9.17, 15) is 8.42 Å². The van der Waals surface area contributed by atoms with Gasteiger partial charge in [0, 0.05) is 31.7 Å². The molecule has 0 saturated carbocycles. The van der Waals surface area contributed by atoms with E-state index in [-0.39, 0.29) is 0 Å². The molecule has 0 radical (unpaired) electrons. The third-order valence-electron chi connectivity index (χ3n) is 3.64. The summed E-state index contributed by atoms with van der Waals surface area (Å²) >= 11 is 0. The lowest BCUT2D eigenvalue weighted by Crippen LogP contribution is -2.30. The highest BCUT2D eigenvalue weighted by atomic mass is 32.2. The number of nitrogens with zero attached hydrogens (tertiary/aromatic N) is 3. The van der Waals surface area contributed by atoms with E-state index in [1.54, 1.807) is 0 Å². The molecule has 0 aliphatic carbocycles. The molecule has 1 aliphatic heterocycles. The summed E-state index contributed by atoms with van der Waals surface area (Å²) in [6.45, 7) is 7.39. The SMILES string of the molecule is CC(C)c1nccc(CN2CC[C@@H](CNS(C)(=O)=O)C2)n1. The van der Waals surface area contributed by atoms with Crippen LogP contribution in [-0.2, 0) is 16.6 Å². The van der Waals surface area contributed by atoms with Crippen molar-refractivity contribution in [3.05, 3.63) is 23.8 Å². The molecule has 1 aliphatic rings. The average molecular weight is 312 g/mol. The molecule has 2 heterocycles. The zero-order valence-electron chi connectivity index (χ0n) is 12.9. The molecule has 0 spiro atoms. The lowest BCUT2D eigenvalue weighted by molar-refractivity contribution is 0.312. The van der Waals surface area contributed by atoms with Crippen molar-refractivity contribution in [3.8, 4) is 0 Å². The van der Waals surface area contributed by atoms with Crippen molar-refractivity contribution in [2.24, 2.45) is 5.92 Å². The van der Waals surface area contributed by atoms with Crippen molar-refractivity contribution < 1.29 is 8.42 Å². The Morgan fingerprint density at radius 3 is 2.90 bits per heavy atom. The van der Waals surface area contributed by atoms with Gasteiger partial charge in [-0.25, -0.2) is 23.1 Å². The molecule has 0 unspecified atom stereocenters. The lowest BCUT2D eigenvalue weighted by Gasteiger charge is -2.16. The van der Waals surface area contributed by atoms with Crippen molar-refractivity contribution in [2.45, 2.75) is 32.7 Å². The van der Waals surface area contributed by atoms with Gasteiger partial charge in [0.25, 0.3) is 0 Å². The van der Waals surface area contributed by atoms with Crippen LogP contribution in [0.5, 0.6) is 0 Å². The summed E-state index contributed by atoms with van der Waals surface area (Å²) in [5.41, 5.74) is 1.03. The highest BCUT2D eigenvalue weighted by Gasteiger charge is 2.23. The van der Waals surface area contributed by atoms with Gasteiger partial charge in [-0.3, -0.25) is 4.90 Å². The van der Waals surface area contributed by atoms with Crippen LogP contribution in [0.4, 0.5) is 0 Å². The topological polar surface area (TPSA) is 75.2 Å². The Bertz CT molecular complexity index is 574. The van der Waals surface area contributed by atoms with Crippen LogP contribution in [0, 0.1) is 5.92 Å². The number of aromatic nitrogens is 2. The minimum atomic E-state index is -3.09. The van der Waals surface area contributed by atoms with Crippen LogP contribution < -0.4 is 4.72 Å². The van der Waals surface area contributed by atoms with Gasteiger partial charge in [0.2, 0.25) is 10.0 Å². The molecule has 21 heavy (non-hydrogen) atoms. The summed E-state index contributed by atoms with van der Waals surface area (Å²) in [6, 6.07) is 1.95. The maximum Gasteiger partial charge on any atom is 0.208 e. The fraction of sp³-hybridized carbons (Fsp3) is 0.714. The van der Waals surface area contributed by atoms with Crippen LogP contribution in [0.1, 0.15) is 37.7 Å². The smallest absolute Gasteiger partial charge is 0.208 e. The first kappa shape index (κ1) is 16.3. The van der Waals surface area contributed by atoms with Gasteiger partial charge in [-0.05, 0) is 24.9 Å². The molecule has 1 aromatic rings. The van der Waals surface area contributed by atoms with Crippen LogP contribution in [-0.4, -0.2) is 49.2 Å². The van der Waals surface area contributed by atoms with Gasteiger partial charge < -0.3 is 0 Å². The third-order valence-corrected chi connectivity index (χ3v) is 4.33. The van der Waals surface area contributed by atoms with Gasteiger partial charge >= 0.3 is 0 Å². The van der Waals surface area contributed by atoms with E-state index in [1.807, 2.05) is 12.3 Å². The van der Waals surface area contributed by atoms with Gasteiger partial charge in [-0.1, -0.05) is 13.8 Å². The summed E-state index contributed by atoms with van der Waals surface area (Å²) in [5.74, 6) is 1.59. The van der Waals surface area contributed by atoms with E-state index >= 15 is 0 Å². The summed E-state index contributed by atoms with van der Waals surface area (Å²) in [5, 5.41) is 0. The molecule has 6 nitrogen and oxygen atoms in total. The Morgan fingerprint density at radius 1 is 1.48 bits per heavy atom. The molecule has 2 rings (SSSR count). The summed E-state index contributed by atoms with van der Waals surface area (Å²) < 4.78 is 24.8. The van der Waals surface area contributed by atoms with Crippen LogP contribution in [0.3, 0.4) is 0 Å². The second kappa shape index (κ2) is 6.81. The molecule has 1 atom stereocenters. The quantitative estimate of drug-likeness (QED) is 0.847. The van der Waals surface area contributed by atoms with Gasteiger partial charge in [0.15, 0.2) is 0 Å². The Balaban J connectivity index is 1.86. The van der Waals surface area contributed by atoms with E-state index < -0.39 is 10.0 Å². The molecule has 1 aromatic heterocycles. The molecule has 1 N–H and O–H groups in total. The van der Waals surface area contributed by atoms with Crippen molar-refractivity contribution in [3.63, 3.8) is 0 Å². The fourth-order valence-corrected chi connectivity index (χ4v) is 3.04. The molecule has 1 fully saturated rings. The standard InChI is InChI=1S/C14H24N4O2S/c1-11(2)14-15-6-4-13(17-14)10-18-7-5-12(9-18)8-16-21(3,19)20/h4,6,11-12,16H,5,7-10H2,1-3H3/t12-/m0/s1. The van der Waals surface area contributed by atoms with Gasteiger partial charge in [-0.15, -0.1) is 0 Å². The molecular formula is C14H24N4O2S. The number of likely N-dealkylation sites (tertiary alicyclic amines) is 1.